The molecule has 0 aromatic carbocycles. The molecule has 10 heteroatoms. The van der Waals surface area contributed by atoms with Gasteiger partial charge in [0.05, 0.1) is 27.7 Å². The summed E-state index contributed by atoms with van der Waals surface area (Å²) in [6.45, 7) is 4.14. The van der Waals surface area contributed by atoms with Crippen LogP contribution in [-0.2, 0) is 32.7 Å². The number of phosphoric ester groups is 1. The maximum Gasteiger partial charge on any atom is 0.472 e. The standard InChI is InChI=1S/C74H118NO8P/c1-6-8-10-12-14-16-18-20-22-24-26-28-30-32-34-35-36-37-38-39-41-43-45-47-49-51-53-55-57-59-61-63-65-67-74(77)83-72(71-82-84(78,79)81-69-68-75(3,4)5)70-80-73(76)66-64-62-60-58-56-54-52-50-48-46-44-42-40-33-31-29-27-25-23-21-19-17-15-13-11-9-7-2/h8-11,14-17,20-23,26-29,32-34,36-37,39-41,44-47,51,53,72H,6-7,12-13,18-19,24-25,30-31,35,38,42-43,48-50,52,54-71H2,1-5H3/p+1/b10-8-,11-9-,16-14-,17-15-,22-20-,23-21-,28-26-,29-27-,34-32-,37-36-,40-33-,41-39-,46-44-,47-45-,53-51-. The summed E-state index contributed by atoms with van der Waals surface area (Å²) in [5, 5.41) is 0. The fourth-order valence-corrected chi connectivity index (χ4v) is 8.75. The lowest BCUT2D eigenvalue weighted by molar-refractivity contribution is -0.870. The van der Waals surface area contributed by atoms with Gasteiger partial charge in [-0.25, -0.2) is 4.57 Å². The quantitative estimate of drug-likeness (QED) is 0.0211. The van der Waals surface area contributed by atoms with E-state index in [0.717, 1.165) is 154 Å². The van der Waals surface area contributed by atoms with Crippen molar-refractivity contribution in [3.8, 4) is 0 Å². The summed E-state index contributed by atoms with van der Waals surface area (Å²) in [5.74, 6) is -0.844. The van der Waals surface area contributed by atoms with Crippen LogP contribution in [0.3, 0.4) is 0 Å². The molecule has 9 nitrogen and oxygen atoms in total. The second kappa shape index (κ2) is 62.6. The second-order valence-electron chi connectivity index (χ2n) is 22.0. The number of rotatable bonds is 57. The lowest BCUT2D eigenvalue weighted by atomic mass is 10.1. The van der Waals surface area contributed by atoms with Crippen molar-refractivity contribution in [2.45, 2.75) is 225 Å². The Balaban J connectivity index is 4.25. The number of phosphoric acid groups is 1. The van der Waals surface area contributed by atoms with Crippen molar-refractivity contribution in [3.63, 3.8) is 0 Å². The third kappa shape index (κ3) is 66.3. The molecule has 0 aliphatic heterocycles. The molecule has 0 fully saturated rings. The number of carbonyl (C=O) groups is 2. The number of likely N-dealkylation sites (N-methyl/N-ethyl adjacent to an activating group) is 1. The minimum Gasteiger partial charge on any atom is -0.462 e. The Morgan fingerprint density at radius 3 is 0.952 bits per heavy atom. The Hall–Kier alpha value is -4.89. The monoisotopic (exact) mass is 1180 g/mol. The zero-order valence-corrected chi connectivity index (χ0v) is 54.4. The number of nitrogens with zero attached hydrogens (tertiary/aromatic N) is 1. The van der Waals surface area contributed by atoms with E-state index in [-0.39, 0.29) is 32.0 Å². The van der Waals surface area contributed by atoms with Crippen LogP contribution in [-0.4, -0.2) is 74.9 Å². The van der Waals surface area contributed by atoms with Crippen molar-refractivity contribution in [2.75, 3.05) is 47.5 Å². The molecule has 0 rings (SSSR count). The molecule has 472 valence electrons. The van der Waals surface area contributed by atoms with E-state index in [0.29, 0.717) is 23.9 Å². The van der Waals surface area contributed by atoms with Gasteiger partial charge >= 0.3 is 19.8 Å². The van der Waals surface area contributed by atoms with Crippen LogP contribution in [0.5, 0.6) is 0 Å². The number of carbonyl (C=O) groups excluding carboxylic acids is 2. The van der Waals surface area contributed by atoms with Gasteiger partial charge in [0, 0.05) is 12.8 Å². The summed E-state index contributed by atoms with van der Waals surface area (Å²) in [5.41, 5.74) is 0. The summed E-state index contributed by atoms with van der Waals surface area (Å²) in [6, 6.07) is 0. The smallest absolute Gasteiger partial charge is 0.462 e. The number of allylic oxidation sites excluding steroid dienone is 30. The van der Waals surface area contributed by atoms with Crippen molar-refractivity contribution in [1.29, 1.82) is 0 Å². The number of hydrogen-bond donors (Lipinski definition) is 1. The molecule has 0 heterocycles. The molecule has 0 spiro atoms. The van der Waals surface area contributed by atoms with Crippen molar-refractivity contribution >= 4 is 19.8 Å². The molecule has 0 saturated carbocycles. The molecule has 2 unspecified atom stereocenters. The van der Waals surface area contributed by atoms with E-state index in [1.54, 1.807) is 0 Å². The molecule has 0 aliphatic rings. The topological polar surface area (TPSA) is 108 Å². The van der Waals surface area contributed by atoms with Crippen LogP contribution in [0.4, 0.5) is 0 Å². The lowest BCUT2D eigenvalue weighted by Crippen LogP contribution is -2.37. The van der Waals surface area contributed by atoms with Gasteiger partial charge in [0.25, 0.3) is 0 Å². The highest BCUT2D eigenvalue weighted by molar-refractivity contribution is 7.47. The summed E-state index contributed by atoms with van der Waals surface area (Å²) < 4.78 is 34.6. The van der Waals surface area contributed by atoms with Gasteiger partial charge in [0.1, 0.15) is 19.8 Å². The van der Waals surface area contributed by atoms with Gasteiger partial charge in [-0.15, -0.1) is 0 Å². The van der Waals surface area contributed by atoms with Crippen molar-refractivity contribution in [2.24, 2.45) is 0 Å². The van der Waals surface area contributed by atoms with Gasteiger partial charge in [0.2, 0.25) is 0 Å². The van der Waals surface area contributed by atoms with Crippen LogP contribution in [0.25, 0.3) is 0 Å². The fourth-order valence-electron chi connectivity index (χ4n) is 8.01. The molecule has 0 saturated heterocycles. The van der Waals surface area contributed by atoms with Crippen molar-refractivity contribution < 1.29 is 42.1 Å². The average molecular weight is 1180 g/mol. The van der Waals surface area contributed by atoms with Gasteiger partial charge in [-0.05, 0) is 135 Å². The minimum atomic E-state index is -4.41. The molecule has 1 N–H and O–H groups in total. The molecule has 0 aromatic rings. The van der Waals surface area contributed by atoms with E-state index in [1.807, 2.05) is 21.1 Å². The first kappa shape index (κ1) is 79.1. The molecule has 84 heavy (non-hydrogen) atoms. The van der Waals surface area contributed by atoms with Gasteiger partial charge in [-0.1, -0.05) is 254 Å². The molecule has 0 radical (unpaired) electrons. The molecule has 0 aliphatic carbocycles. The zero-order valence-electron chi connectivity index (χ0n) is 53.6. The van der Waals surface area contributed by atoms with E-state index >= 15 is 0 Å². The minimum absolute atomic E-state index is 0.0150. The van der Waals surface area contributed by atoms with Crippen LogP contribution in [0.1, 0.15) is 219 Å². The lowest BCUT2D eigenvalue weighted by Gasteiger charge is -2.24. The second-order valence-corrected chi connectivity index (χ2v) is 23.5. The van der Waals surface area contributed by atoms with Gasteiger partial charge in [0.15, 0.2) is 6.10 Å². The fraction of sp³-hybridized carbons (Fsp3) is 0.568. The Labute approximate surface area is 514 Å². The molecule has 0 bridgehead atoms. The first-order chi connectivity index (χ1) is 41.0. The maximum absolute atomic E-state index is 12.9. The Kier molecular flexibility index (Phi) is 59.0. The maximum atomic E-state index is 12.9. The summed E-state index contributed by atoms with van der Waals surface area (Å²) in [6.07, 6.45) is 96.8. The first-order valence-electron chi connectivity index (χ1n) is 32.5. The number of quaternary nitrogens is 1. The predicted octanol–water partition coefficient (Wildman–Crippen LogP) is 21.1. The van der Waals surface area contributed by atoms with Crippen molar-refractivity contribution in [1.82, 2.24) is 0 Å². The zero-order chi connectivity index (χ0) is 61.2. The van der Waals surface area contributed by atoms with E-state index in [1.165, 1.54) is 25.7 Å². The molecule has 0 aromatic heterocycles. The van der Waals surface area contributed by atoms with E-state index in [4.69, 9.17) is 18.5 Å². The van der Waals surface area contributed by atoms with E-state index < -0.39 is 26.5 Å². The number of esters is 2. The van der Waals surface area contributed by atoms with Crippen LogP contribution < -0.4 is 0 Å². The van der Waals surface area contributed by atoms with E-state index in [2.05, 4.69) is 196 Å². The predicted molar refractivity (Wildman–Crippen MR) is 362 cm³/mol. The average Bonchev–Trinajstić information content (AvgIpc) is 3.61. The summed E-state index contributed by atoms with van der Waals surface area (Å²) in [4.78, 5) is 35.8. The van der Waals surface area contributed by atoms with Crippen LogP contribution in [0.2, 0.25) is 0 Å². The highest BCUT2D eigenvalue weighted by Crippen LogP contribution is 2.43. The highest BCUT2D eigenvalue weighted by Gasteiger charge is 2.27. The summed E-state index contributed by atoms with van der Waals surface area (Å²) in [7, 11) is 1.43. The molecular formula is C74H119NO8P+. The largest absolute Gasteiger partial charge is 0.472 e. The third-order valence-electron chi connectivity index (χ3n) is 12.9. The molecule has 0 amide bonds. The van der Waals surface area contributed by atoms with Crippen LogP contribution in [0, 0.1) is 0 Å². The summed E-state index contributed by atoms with van der Waals surface area (Å²) >= 11 is 0. The highest BCUT2D eigenvalue weighted by atomic mass is 31.2. The molecular weight excluding hydrogens is 1060 g/mol. The van der Waals surface area contributed by atoms with E-state index in [9.17, 15) is 19.0 Å². The Morgan fingerprint density at radius 1 is 0.369 bits per heavy atom. The number of hydrogen-bond acceptors (Lipinski definition) is 7. The SMILES string of the molecule is CC/C=C\C/C=C\C/C=C\C/C=C\C/C=C\C/C=C\C/C=C\C/C=C\C/C=C\CCCCCCCC(=O)OC(COC(=O)CCCCCCCCCC/C=C\C/C=C\C/C=C\C/C=C\C/C=C\C/C=C\CC)COP(=O)(O)OCC[N+](C)(C)C. The van der Waals surface area contributed by atoms with Crippen LogP contribution in [0.15, 0.2) is 182 Å². The van der Waals surface area contributed by atoms with Gasteiger partial charge in [-0.2, -0.15) is 0 Å². The number of unbranched alkanes of at least 4 members (excludes halogenated alkanes) is 13. The molecule has 2 atom stereocenters. The van der Waals surface area contributed by atoms with Crippen LogP contribution >= 0.6 is 7.82 Å². The Bertz CT molecular complexity index is 2070. The normalized spacial score (nSPS) is 14.4. The van der Waals surface area contributed by atoms with Crippen molar-refractivity contribution in [3.05, 3.63) is 182 Å². The number of ether oxygens (including phenoxy) is 2. The van der Waals surface area contributed by atoms with Gasteiger partial charge < -0.3 is 18.9 Å². The Morgan fingerprint density at radius 2 is 0.643 bits per heavy atom. The first-order valence-corrected chi connectivity index (χ1v) is 34.0. The third-order valence-corrected chi connectivity index (χ3v) is 13.9. The van der Waals surface area contributed by atoms with Gasteiger partial charge in [-0.3, -0.25) is 18.6 Å².